The maximum Gasteiger partial charge on any atom is 0.305 e. The van der Waals surface area contributed by atoms with Crippen LogP contribution in [0.2, 0.25) is 0 Å². The summed E-state index contributed by atoms with van der Waals surface area (Å²) in [6, 6.07) is 1.70. The van der Waals surface area contributed by atoms with Crippen LogP contribution in [0.25, 0.3) is 10.7 Å². The highest BCUT2D eigenvalue weighted by Gasteiger charge is 2.22. The first-order valence-corrected chi connectivity index (χ1v) is 7.53. The van der Waals surface area contributed by atoms with Gasteiger partial charge in [0, 0.05) is 4.47 Å². The van der Waals surface area contributed by atoms with E-state index in [2.05, 4.69) is 31.5 Å². The van der Waals surface area contributed by atoms with Gasteiger partial charge in [-0.1, -0.05) is 13.3 Å². The number of aliphatic carboxylic acids is 1. The first-order chi connectivity index (χ1) is 9.13. The van der Waals surface area contributed by atoms with E-state index in [9.17, 15) is 4.79 Å². The van der Waals surface area contributed by atoms with Crippen molar-refractivity contribution in [1.29, 1.82) is 0 Å². The van der Waals surface area contributed by atoms with Crippen molar-refractivity contribution in [2.24, 2.45) is 0 Å². The topological polar surface area (TPSA) is 80.9 Å². The fourth-order valence-electron chi connectivity index (χ4n) is 1.89. The molecule has 0 aliphatic heterocycles. The third-order valence-electron chi connectivity index (χ3n) is 2.69. The summed E-state index contributed by atoms with van der Waals surface area (Å²) in [4.78, 5) is 11.9. The number of carbonyl (C=O) groups is 1. The van der Waals surface area contributed by atoms with Gasteiger partial charge in [-0.3, -0.25) is 4.79 Å². The van der Waals surface area contributed by atoms with Gasteiger partial charge in [-0.2, -0.15) is 0 Å². The number of thiophene rings is 1. The summed E-state index contributed by atoms with van der Waals surface area (Å²) in [7, 11) is 0. The van der Waals surface area contributed by atoms with E-state index >= 15 is 0 Å². The van der Waals surface area contributed by atoms with Crippen molar-refractivity contribution < 1.29 is 9.90 Å². The average Bonchev–Trinajstić information content (AvgIpc) is 2.95. The molecule has 0 bridgehead atoms. The first-order valence-electron chi connectivity index (χ1n) is 5.86. The number of hydrogen-bond acceptors (Lipinski definition) is 5. The van der Waals surface area contributed by atoms with E-state index in [1.165, 1.54) is 11.3 Å². The Morgan fingerprint density at radius 1 is 1.63 bits per heavy atom. The van der Waals surface area contributed by atoms with Crippen LogP contribution in [0.5, 0.6) is 0 Å². The molecule has 0 fully saturated rings. The van der Waals surface area contributed by atoms with Gasteiger partial charge in [0.05, 0.1) is 17.3 Å². The Hall–Kier alpha value is -1.28. The van der Waals surface area contributed by atoms with Gasteiger partial charge in [-0.15, -0.1) is 16.4 Å². The second kappa shape index (κ2) is 6.25. The molecule has 6 nitrogen and oxygen atoms in total. The van der Waals surface area contributed by atoms with Gasteiger partial charge in [0.1, 0.15) is 0 Å². The Balaban J connectivity index is 2.36. The van der Waals surface area contributed by atoms with Gasteiger partial charge in [0.25, 0.3) is 0 Å². The van der Waals surface area contributed by atoms with Crippen LogP contribution < -0.4 is 0 Å². The van der Waals surface area contributed by atoms with Gasteiger partial charge in [0.2, 0.25) is 0 Å². The quantitative estimate of drug-likeness (QED) is 0.870. The molecule has 0 saturated heterocycles. The van der Waals surface area contributed by atoms with E-state index in [-0.39, 0.29) is 12.5 Å². The van der Waals surface area contributed by atoms with E-state index in [1.807, 2.05) is 18.4 Å². The number of hydrogen-bond donors (Lipinski definition) is 1. The number of aromatic nitrogens is 4. The Morgan fingerprint density at radius 2 is 2.42 bits per heavy atom. The zero-order chi connectivity index (χ0) is 13.8. The predicted octanol–water partition coefficient (Wildman–Crippen LogP) is 2.98. The first kappa shape index (κ1) is 14.1. The summed E-state index contributed by atoms with van der Waals surface area (Å²) in [6.45, 7) is 2.01. The number of tetrazole rings is 1. The van der Waals surface area contributed by atoms with Crippen molar-refractivity contribution >= 4 is 33.2 Å². The molecule has 0 aliphatic carbocycles. The van der Waals surface area contributed by atoms with E-state index in [4.69, 9.17) is 5.11 Å². The lowest BCUT2D eigenvalue weighted by atomic mass is 10.1. The number of carboxylic acids is 1. The monoisotopic (exact) mass is 344 g/mol. The summed E-state index contributed by atoms with van der Waals surface area (Å²) in [5, 5.41) is 22.6. The Labute approximate surface area is 122 Å². The van der Waals surface area contributed by atoms with Crippen molar-refractivity contribution in [2.45, 2.75) is 32.2 Å². The molecular formula is C11H13BrN4O2S. The van der Waals surface area contributed by atoms with Gasteiger partial charge in [0.15, 0.2) is 5.82 Å². The molecule has 8 heteroatoms. The molecule has 1 N–H and O–H groups in total. The lowest BCUT2D eigenvalue weighted by Crippen LogP contribution is -2.16. The zero-order valence-corrected chi connectivity index (χ0v) is 12.7. The second-order valence-corrected chi connectivity index (χ2v) is 5.86. The zero-order valence-electron chi connectivity index (χ0n) is 10.3. The van der Waals surface area contributed by atoms with E-state index < -0.39 is 5.97 Å². The summed E-state index contributed by atoms with van der Waals surface area (Å²) >= 11 is 4.96. The smallest absolute Gasteiger partial charge is 0.305 e. The SMILES string of the molecule is CCCC(CC(=O)O)n1nnnc1-c1sccc1Br. The second-order valence-electron chi connectivity index (χ2n) is 4.09. The highest BCUT2D eigenvalue weighted by atomic mass is 79.9. The molecule has 0 amide bonds. The minimum atomic E-state index is -0.842. The third-order valence-corrected chi connectivity index (χ3v) is 4.52. The number of carboxylic acid groups (broad SMARTS) is 1. The molecule has 2 aromatic rings. The maximum atomic E-state index is 11.0. The Kier molecular flexibility index (Phi) is 4.65. The lowest BCUT2D eigenvalue weighted by molar-refractivity contribution is -0.138. The molecule has 102 valence electrons. The van der Waals surface area contributed by atoms with Gasteiger partial charge in [-0.25, -0.2) is 4.68 Å². The Bertz CT molecular complexity index is 569. The minimum absolute atomic E-state index is 0.0227. The molecule has 0 radical (unpaired) electrons. The van der Waals surface area contributed by atoms with E-state index in [0.29, 0.717) is 5.82 Å². The van der Waals surface area contributed by atoms with Gasteiger partial charge >= 0.3 is 5.97 Å². The summed E-state index contributed by atoms with van der Waals surface area (Å²) < 4.78 is 2.54. The van der Waals surface area contributed by atoms with Crippen molar-refractivity contribution in [3.8, 4) is 10.7 Å². The van der Waals surface area contributed by atoms with E-state index in [1.54, 1.807) is 4.68 Å². The number of nitrogens with zero attached hydrogens (tertiary/aromatic N) is 4. The van der Waals surface area contributed by atoms with Crippen LogP contribution in [0.1, 0.15) is 32.2 Å². The highest BCUT2D eigenvalue weighted by Crippen LogP contribution is 2.33. The third kappa shape index (κ3) is 3.19. The standard InChI is InChI=1S/C11H13BrN4O2S/c1-2-3-7(6-9(17)18)16-11(13-14-15-16)10-8(12)4-5-19-10/h4-5,7H,2-3,6H2,1H3,(H,17,18). The Morgan fingerprint density at radius 3 is 3.00 bits per heavy atom. The summed E-state index contributed by atoms with van der Waals surface area (Å²) in [5.41, 5.74) is 0. The molecule has 2 rings (SSSR count). The highest BCUT2D eigenvalue weighted by molar-refractivity contribution is 9.10. The van der Waals surface area contributed by atoms with Crippen LogP contribution in [-0.4, -0.2) is 31.3 Å². The van der Waals surface area contributed by atoms with Crippen molar-refractivity contribution in [2.75, 3.05) is 0 Å². The minimum Gasteiger partial charge on any atom is -0.481 e. The fraction of sp³-hybridized carbons (Fsp3) is 0.455. The lowest BCUT2D eigenvalue weighted by Gasteiger charge is -2.15. The van der Waals surface area contributed by atoms with Crippen molar-refractivity contribution in [1.82, 2.24) is 20.2 Å². The molecule has 2 heterocycles. The van der Waals surface area contributed by atoms with Crippen LogP contribution >= 0.6 is 27.3 Å². The van der Waals surface area contributed by atoms with Crippen LogP contribution in [0, 0.1) is 0 Å². The molecule has 19 heavy (non-hydrogen) atoms. The maximum absolute atomic E-state index is 11.0. The van der Waals surface area contributed by atoms with Crippen LogP contribution in [0.4, 0.5) is 0 Å². The van der Waals surface area contributed by atoms with Crippen LogP contribution in [-0.2, 0) is 4.79 Å². The van der Waals surface area contributed by atoms with Gasteiger partial charge in [-0.05, 0) is 44.2 Å². The van der Waals surface area contributed by atoms with Crippen molar-refractivity contribution in [3.63, 3.8) is 0 Å². The molecule has 0 saturated carbocycles. The number of halogens is 1. The largest absolute Gasteiger partial charge is 0.481 e. The fourth-order valence-corrected chi connectivity index (χ4v) is 3.41. The van der Waals surface area contributed by atoms with E-state index in [0.717, 1.165) is 22.2 Å². The molecule has 0 aliphatic rings. The van der Waals surface area contributed by atoms with Crippen molar-refractivity contribution in [3.05, 3.63) is 15.9 Å². The molecular weight excluding hydrogens is 332 g/mol. The summed E-state index contributed by atoms with van der Waals surface area (Å²) in [5.74, 6) is -0.230. The van der Waals surface area contributed by atoms with Crippen LogP contribution in [0.3, 0.4) is 0 Å². The number of rotatable bonds is 6. The molecule has 1 unspecified atom stereocenters. The van der Waals surface area contributed by atoms with Crippen LogP contribution in [0.15, 0.2) is 15.9 Å². The molecule has 2 aromatic heterocycles. The summed E-state index contributed by atoms with van der Waals surface area (Å²) in [6.07, 6.45) is 1.63. The predicted molar refractivity (Wildman–Crippen MR) is 75.0 cm³/mol. The average molecular weight is 345 g/mol. The molecule has 1 atom stereocenters. The molecule has 0 aromatic carbocycles. The normalized spacial score (nSPS) is 12.5. The molecule has 0 spiro atoms. The van der Waals surface area contributed by atoms with Gasteiger partial charge < -0.3 is 5.11 Å².